The molecule has 0 radical (unpaired) electrons. The van der Waals surface area contributed by atoms with E-state index < -0.39 is 0 Å². The number of nitrogens with two attached hydrogens (primary N) is 1. The third-order valence-electron chi connectivity index (χ3n) is 6.65. The van der Waals surface area contributed by atoms with Crippen LogP contribution in [0.15, 0.2) is 97.2 Å². The largest absolute Gasteiger partial charge is 0.399 e. The fourth-order valence-corrected chi connectivity index (χ4v) is 5.02. The molecule has 2 N–H and O–H groups in total. The molecule has 1 fully saturated rings. The van der Waals surface area contributed by atoms with Crippen molar-refractivity contribution < 1.29 is 0 Å². The second-order valence-corrected chi connectivity index (χ2v) is 8.55. The first-order valence-corrected chi connectivity index (χ1v) is 10.8. The van der Waals surface area contributed by atoms with Crippen LogP contribution in [0.1, 0.15) is 53.9 Å². The highest BCUT2D eigenvalue weighted by molar-refractivity contribution is 5.86. The van der Waals surface area contributed by atoms with Gasteiger partial charge in [0.15, 0.2) is 0 Å². The van der Waals surface area contributed by atoms with Crippen molar-refractivity contribution in [3.8, 4) is 11.1 Å². The molecular weight excluding hydrogens is 362 g/mol. The van der Waals surface area contributed by atoms with Crippen LogP contribution in [0.2, 0.25) is 0 Å². The van der Waals surface area contributed by atoms with Crippen molar-refractivity contribution in [3.63, 3.8) is 0 Å². The Kier molecular flexibility index (Phi) is 4.67. The van der Waals surface area contributed by atoms with Gasteiger partial charge in [0.05, 0.1) is 0 Å². The van der Waals surface area contributed by atoms with Gasteiger partial charge in [0.2, 0.25) is 0 Å². The number of rotatable bonds is 4. The van der Waals surface area contributed by atoms with E-state index in [1.165, 1.54) is 46.2 Å². The third-order valence-corrected chi connectivity index (χ3v) is 6.65. The van der Waals surface area contributed by atoms with Gasteiger partial charge in [0.1, 0.15) is 0 Å². The molecule has 1 heteroatoms. The van der Waals surface area contributed by atoms with Gasteiger partial charge in [-0.2, -0.15) is 0 Å². The van der Waals surface area contributed by atoms with Gasteiger partial charge in [-0.25, -0.2) is 0 Å². The van der Waals surface area contributed by atoms with Gasteiger partial charge in [-0.3, -0.25) is 0 Å². The molecule has 0 aromatic heterocycles. The maximum atomic E-state index is 5.92. The second kappa shape index (κ2) is 7.50. The Bertz CT molecular complexity index is 1180. The molecule has 1 saturated carbocycles. The van der Waals surface area contributed by atoms with Gasteiger partial charge in [-0.1, -0.05) is 79.4 Å². The summed E-state index contributed by atoms with van der Waals surface area (Å²) in [7, 11) is 0. The normalized spacial score (nSPS) is 19.9. The lowest BCUT2D eigenvalue weighted by molar-refractivity contribution is 0.343. The van der Waals surface area contributed by atoms with E-state index in [-0.39, 0.29) is 0 Å². The van der Waals surface area contributed by atoms with Crippen LogP contribution in [0.3, 0.4) is 0 Å². The summed E-state index contributed by atoms with van der Waals surface area (Å²) in [6.45, 7) is 6.06. The topological polar surface area (TPSA) is 26.0 Å². The lowest BCUT2D eigenvalue weighted by Gasteiger charge is -2.43. The van der Waals surface area contributed by atoms with E-state index in [2.05, 4.69) is 86.3 Å². The van der Waals surface area contributed by atoms with Crippen molar-refractivity contribution >= 4 is 11.1 Å². The predicted molar refractivity (Wildman–Crippen MR) is 128 cm³/mol. The smallest absolute Gasteiger partial charge is 0.0247 e. The molecule has 3 aromatic rings. The number of fused-ring (bicyclic) bond motifs is 6. The minimum absolute atomic E-state index is 0.563. The van der Waals surface area contributed by atoms with Crippen LogP contribution < -0.4 is 5.73 Å². The van der Waals surface area contributed by atoms with E-state index in [9.17, 15) is 0 Å². The van der Waals surface area contributed by atoms with Crippen LogP contribution >= 0.6 is 0 Å². The maximum Gasteiger partial charge on any atom is 0.0247 e. The zero-order chi connectivity index (χ0) is 20.7. The summed E-state index contributed by atoms with van der Waals surface area (Å²) in [4.78, 5) is 0. The number of hydrogen-bond donors (Lipinski definition) is 1. The zero-order valence-corrected chi connectivity index (χ0v) is 17.4. The maximum absolute atomic E-state index is 5.92. The summed E-state index contributed by atoms with van der Waals surface area (Å²) >= 11 is 0. The van der Waals surface area contributed by atoms with Crippen LogP contribution in [0.5, 0.6) is 0 Å². The average Bonchev–Trinajstić information content (AvgIpc) is 2.73. The van der Waals surface area contributed by atoms with Crippen molar-refractivity contribution in [1.29, 1.82) is 0 Å². The Morgan fingerprint density at radius 1 is 0.800 bits per heavy atom. The first-order chi connectivity index (χ1) is 14.6. The van der Waals surface area contributed by atoms with E-state index in [0.29, 0.717) is 17.5 Å². The molecule has 5 rings (SSSR count). The molecule has 148 valence electrons. The van der Waals surface area contributed by atoms with Crippen molar-refractivity contribution in [2.24, 2.45) is 5.73 Å². The van der Waals surface area contributed by atoms with Crippen molar-refractivity contribution in [3.05, 3.63) is 119 Å². The lowest BCUT2D eigenvalue weighted by Crippen LogP contribution is -2.26. The van der Waals surface area contributed by atoms with Gasteiger partial charge < -0.3 is 5.73 Å². The first kappa shape index (κ1) is 18.7. The molecule has 30 heavy (non-hydrogen) atoms. The molecule has 3 aromatic carbocycles. The Morgan fingerprint density at radius 3 is 2.17 bits per heavy atom. The third kappa shape index (κ3) is 3.21. The predicted octanol–water partition coefficient (Wildman–Crippen LogP) is 7.29. The minimum atomic E-state index is 0.563. The zero-order valence-electron chi connectivity index (χ0n) is 17.4. The summed E-state index contributed by atoms with van der Waals surface area (Å²) in [5.74, 6) is 1.40. The highest BCUT2D eigenvalue weighted by Gasteiger charge is 2.39. The molecule has 0 heterocycles. The molecule has 0 saturated heterocycles. The fraction of sp³-hybridized carbons (Fsp3) is 0.172. The summed E-state index contributed by atoms with van der Waals surface area (Å²) in [6, 6.07) is 26.4. The fourth-order valence-electron chi connectivity index (χ4n) is 5.02. The molecule has 2 aliphatic rings. The number of benzene rings is 3. The van der Waals surface area contributed by atoms with E-state index in [0.717, 1.165) is 11.1 Å². The first-order valence-electron chi connectivity index (χ1n) is 10.8. The average molecular weight is 390 g/mol. The molecule has 0 spiro atoms. The van der Waals surface area contributed by atoms with Gasteiger partial charge in [0.25, 0.3) is 0 Å². The quantitative estimate of drug-likeness (QED) is 0.466. The van der Waals surface area contributed by atoms with Crippen molar-refractivity contribution in [2.75, 3.05) is 0 Å². The Labute approximate surface area is 179 Å². The van der Waals surface area contributed by atoms with Crippen LogP contribution in [0.25, 0.3) is 22.3 Å². The van der Waals surface area contributed by atoms with E-state index in [1.807, 2.05) is 12.1 Å². The van der Waals surface area contributed by atoms with Crippen LogP contribution in [-0.2, 0) is 0 Å². The molecule has 1 nitrogen and oxygen atoms in total. The highest BCUT2D eigenvalue weighted by atomic mass is 14.5. The van der Waals surface area contributed by atoms with Crippen LogP contribution in [0.4, 0.5) is 0 Å². The summed E-state index contributed by atoms with van der Waals surface area (Å²) in [6.07, 6.45) is 6.79. The summed E-state index contributed by atoms with van der Waals surface area (Å²) in [5, 5.41) is 0. The molecule has 0 bridgehead atoms. The van der Waals surface area contributed by atoms with Gasteiger partial charge >= 0.3 is 0 Å². The highest BCUT2D eigenvalue weighted by Crippen LogP contribution is 2.57. The molecule has 2 unspecified atom stereocenters. The molecule has 2 aliphatic carbocycles. The molecule has 2 atom stereocenters. The number of allylic oxidation sites excluding steroid dienone is 4. The van der Waals surface area contributed by atoms with Crippen LogP contribution in [0, 0.1) is 0 Å². The van der Waals surface area contributed by atoms with Crippen molar-refractivity contribution in [1.82, 2.24) is 0 Å². The number of hydrogen-bond acceptors (Lipinski definition) is 1. The van der Waals surface area contributed by atoms with E-state index in [4.69, 9.17) is 5.73 Å². The van der Waals surface area contributed by atoms with Crippen LogP contribution in [-0.4, -0.2) is 0 Å². The lowest BCUT2D eigenvalue weighted by atomic mass is 9.61. The van der Waals surface area contributed by atoms with Crippen molar-refractivity contribution in [2.45, 2.75) is 31.6 Å². The molecule has 0 amide bonds. The van der Waals surface area contributed by atoms with Gasteiger partial charge in [0, 0.05) is 5.70 Å². The molecular formula is C29H27N. The molecule has 0 aliphatic heterocycles. The summed E-state index contributed by atoms with van der Waals surface area (Å²) < 4.78 is 0. The Balaban J connectivity index is 1.58. The van der Waals surface area contributed by atoms with Gasteiger partial charge in [-0.05, 0) is 88.3 Å². The standard InChI is InChI=1S/C29H27N/c1-19(16-23(17-20(2)30)21-8-4-3-5-9-21)22-12-13-28-27-15-14-26(27)24-10-6-7-11-25(24)29(28)18-22/h3-13,16-18,26-27H,2,14-15,30H2,1H3/b19-16+,23-17+. The Morgan fingerprint density at radius 2 is 1.47 bits per heavy atom. The minimum Gasteiger partial charge on any atom is -0.399 e. The second-order valence-electron chi connectivity index (χ2n) is 8.55. The van der Waals surface area contributed by atoms with E-state index >= 15 is 0 Å². The SMILES string of the molecule is C=C(N)/C=C(\C=C(/C)c1ccc2c(c1)-c1ccccc1C1CCC21)c1ccccc1. The summed E-state index contributed by atoms with van der Waals surface area (Å²) in [5.41, 5.74) is 17.1. The van der Waals surface area contributed by atoms with Gasteiger partial charge in [-0.15, -0.1) is 0 Å². The Hall–Kier alpha value is -3.32. The monoisotopic (exact) mass is 389 g/mol. The van der Waals surface area contributed by atoms with E-state index in [1.54, 1.807) is 0 Å².